The normalized spacial score (nSPS) is 17.2. The first kappa shape index (κ1) is 19.9. The zero-order chi connectivity index (χ0) is 21.3. The fourth-order valence-electron chi connectivity index (χ4n) is 3.82. The van der Waals surface area contributed by atoms with E-state index in [0.717, 1.165) is 23.0 Å². The maximum Gasteiger partial charge on any atom is 0.255 e. The van der Waals surface area contributed by atoms with Gasteiger partial charge in [0.25, 0.3) is 5.91 Å². The number of likely N-dealkylation sites (tertiary alicyclic amines) is 1. The summed E-state index contributed by atoms with van der Waals surface area (Å²) in [5, 5.41) is 3.37. The van der Waals surface area contributed by atoms with E-state index in [-0.39, 0.29) is 23.9 Å². The van der Waals surface area contributed by atoms with Gasteiger partial charge in [0.2, 0.25) is 5.91 Å². The van der Waals surface area contributed by atoms with Crippen LogP contribution in [0.25, 0.3) is 11.0 Å². The molecule has 30 heavy (non-hydrogen) atoms. The van der Waals surface area contributed by atoms with E-state index >= 15 is 0 Å². The summed E-state index contributed by atoms with van der Waals surface area (Å²) < 4.78 is 0. The number of fused-ring (bicyclic) bond motifs is 1. The molecule has 3 heterocycles. The molecule has 1 saturated heterocycles. The summed E-state index contributed by atoms with van der Waals surface area (Å²) in [6.07, 6.45) is 4.09. The molecule has 3 aromatic rings. The lowest BCUT2D eigenvalue weighted by Crippen LogP contribution is -2.38. The van der Waals surface area contributed by atoms with Crippen molar-refractivity contribution in [3.8, 4) is 0 Å². The summed E-state index contributed by atoms with van der Waals surface area (Å²) in [7, 11) is 1.79. The molecule has 0 radical (unpaired) electrons. The first-order chi connectivity index (χ1) is 14.4. The van der Waals surface area contributed by atoms with Crippen LogP contribution in [0.1, 0.15) is 42.2 Å². The molecule has 2 atom stereocenters. The minimum atomic E-state index is -0.0498. The first-order valence-electron chi connectivity index (χ1n) is 10.1. The number of hydrogen-bond donors (Lipinski definition) is 2. The molecular formula is C22H26N6O2. The van der Waals surface area contributed by atoms with Gasteiger partial charge in [-0.05, 0) is 43.2 Å². The van der Waals surface area contributed by atoms with Gasteiger partial charge in [-0.1, -0.05) is 6.07 Å². The van der Waals surface area contributed by atoms with Crippen LogP contribution in [0.2, 0.25) is 0 Å². The number of likely N-dealkylation sites (N-methyl/N-ethyl adjacent to an activating group) is 1. The van der Waals surface area contributed by atoms with Crippen LogP contribution in [-0.4, -0.2) is 62.7 Å². The maximum absolute atomic E-state index is 12.8. The number of hydrogen-bond acceptors (Lipinski definition) is 5. The van der Waals surface area contributed by atoms with E-state index in [0.29, 0.717) is 24.5 Å². The molecule has 0 aliphatic carbocycles. The Morgan fingerprint density at radius 2 is 2.10 bits per heavy atom. The highest BCUT2D eigenvalue weighted by Gasteiger charge is 2.30. The van der Waals surface area contributed by atoms with E-state index in [2.05, 4.69) is 33.3 Å². The Morgan fingerprint density at radius 3 is 2.83 bits per heavy atom. The standard InChI is InChI=1S/C22H26N6O2/c1-14(16-4-6-19-20(10-16)25-13-24-19)26-21-7-5-17(11-23-21)22(30)28-9-8-18(12-28)27(3)15(2)29/h4-7,10-11,13-14,18H,8-9,12H2,1-3H3,(H,23,26)(H,24,25)/t14-,18-/m0/s1. The molecule has 2 amide bonds. The average Bonchev–Trinajstić information content (AvgIpc) is 3.42. The fraction of sp³-hybridized carbons (Fsp3) is 0.364. The molecule has 0 saturated carbocycles. The molecule has 2 N–H and O–H groups in total. The number of aromatic nitrogens is 3. The second-order valence-electron chi connectivity index (χ2n) is 7.80. The third kappa shape index (κ3) is 3.98. The van der Waals surface area contributed by atoms with Gasteiger partial charge in [-0.2, -0.15) is 0 Å². The van der Waals surface area contributed by atoms with Crippen LogP contribution in [0.3, 0.4) is 0 Å². The molecule has 1 fully saturated rings. The van der Waals surface area contributed by atoms with Crippen LogP contribution in [0.15, 0.2) is 42.9 Å². The Bertz CT molecular complexity index is 1060. The quantitative estimate of drug-likeness (QED) is 0.680. The largest absolute Gasteiger partial charge is 0.364 e. The zero-order valence-corrected chi connectivity index (χ0v) is 17.4. The molecular weight excluding hydrogens is 380 g/mol. The molecule has 1 aromatic carbocycles. The van der Waals surface area contributed by atoms with Crippen molar-refractivity contribution < 1.29 is 9.59 Å². The number of amides is 2. The number of imidazole rings is 1. The SMILES string of the molecule is CC(=O)N(C)[C@H]1CCN(C(=O)c2ccc(N[C@@H](C)c3ccc4nc[nH]c4c3)nc2)C1. The van der Waals surface area contributed by atoms with Crippen molar-refractivity contribution in [2.24, 2.45) is 0 Å². The summed E-state index contributed by atoms with van der Waals surface area (Å²) >= 11 is 0. The summed E-state index contributed by atoms with van der Waals surface area (Å²) in [5.74, 6) is 0.679. The lowest BCUT2D eigenvalue weighted by Gasteiger charge is -2.23. The van der Waals surface area contributed by atoms with Crippen LogP contribution < -0.4 is 5.32 Å². The summed E-state index contributed by atoms with van der Waals surface area (Å²) in [6.45, 7) is 4.82. The maximum atomic E-state index is 12.8. The summed E-state index contributed by atoms with van der Waals surface area (Å²) in [5.41, 5.74) is 3.60. The fourth-order valence-corrected chi connectivity index (χ4v) is 3.82. The topological polar surface area (TPSA) is 94.2 Å². The molecule has 0 bridgehead atoms. The van der Waals surface area contributed by atoms with Crippen molar-refractivity contribution in [1.29, 1.82) is 0 Å². The number of rotatable bonds is 5. The number of nitrogens with zero attached hydrogens (tertiary/aromatic N) is 4. The lowest BCUT2D eigenvalue weighted by molar-refractivity contribution is -0.129. The Morgan fingerprint density at radius 1 is 1.27 bits per heavy atom. The van der Waals surface area contributed by atoms with Gasteiger partial charge in [-0.3, -0.25) is 9.59 Å². The Balaban J connectivity index is 1.39. The van der Waals surface area contributed by atoms with E-state index in [4.69, 9.17) is 0 Å². The monoisotopic (exact) mass is 406 g/mol. The highest BCUT2D eigenvalue weighted by atomic mass is 16.2. The van der Waals surface area contributed by atoms with Gasteiger partial charge < -0.3 is 20.1 Å². The molecule has 4 rings (SSSR count). The zero-order valence-electron chi connectivity index (χ0n) is 17.4. The Kier molecular flexibility index (Phi) is 5.39. The highest BCUT2D eigenvalue weighted by molar-refractivity contribution is 5.94. The van der Waals surface area contributed by atoms with Crippen LogP contribution in [0.4, 0.5) is 5.82 Å². The van der Waals surface area contributed by atoms with Crippen molar-refractivity contribution in [3.63, 3.8) is 0 Å². The highest BCUT2D eigenvalue weighted by Crippen LogP contribution is 2.22. The van der Waals surface area contributed by atoms with Gasteiger partial charge >= 0.3 is 0 Å². The van der Waals surface area contributed by atoms with Gasteiger partial charge in [0.1, 0.15) is 5.82 Å². The Labute approximate surface area is 175 Å². The second-order valence-corrected chi connectivity index (χ2v) is 7.80. The van der Waals surface area contributed by atoms with Gasteiger partial charge in [0.05, 0.1) is 35.0 Å². The van der Waals surface area contributed by atoms with Crippen LogP contribution >= 0.6 is 0 Å². The van der Waals surface area contributed by atoms with Crippen molar-refractivity contribution in [1.82, 2.24) is 24.8 Å². The Hall–Kier alpha value is -3.42. The number of anilines is 1. The van der Waals surface area contributed by atoms with Crippen molar-refractivity contribution in [3.05, 3.63) is 54.0 Å². The number of benzene rings is 1. The van der Waals surface area contributed by atoms with E-state index in [1.807, 2.05) is 18.2 Å². The van der Waals surface area contributed by atoms with Gasteiger partial charge in [0.15, 0.2) is 0 Å². The molecule has 156 valence electrons. The molecule has 8 heteroatoms. The van der Waals surface area contributed by atoms with Crippen molar-refractivity contribution >= 4 is 28.7 Å². The van der Waals surface area contributed by atoms with E-state index in [1.54, 1.807) is 42.4 Å². The molecule has 1 aliphatic heterocycles. The molecule has 2 aromatic heterocycles. The number of carbonyl (C=O) groups excluding carboxylic acids is 2. The first-order valence-corrected chi connectivity index (χ1v) is 10.1. The molecule has 1 aliphatic rings. The molecule has 0 spiro atoms. The number of pyridine rings is 1. The summed E-state index contributed by atoms with van der Waals surface area (Å²) in [6, 6.07) is 9.85. The van der Waals surface area contributed by atoms with Crippen LogP contribution in [0, 0.1) is 0 Å². The summed E-state index contributed by atoms with van der Waals surface area (Å²) in [4.78, 5) is 39.6. The smallest absolute Gasteiger partial charge is 0.255 e. The molecule has 0 unspecified atom stereocenters. The third-order valence-electron chi connectivity index (χ3n) is 5.81. The third-order valence-corrected chi connectivity index (χ3v) is 5.81. The second kappa shape index (κ2) is 8.14. The number of aromatic amines is 1. The minimum absolute atomic E-state index is 0.0205. The van der Waals surface area contributed by atoms with E-state index < -0.39 is 0 Å². The van der Waals surface area contributed by atoms with Crippen LogP contribution in [0.5, 0.6) is 0 Å². The predicted octanol–water partition coefficient (Wildman–Crippen LogP) is 2.82. The number of carbonyl (C=O) groups is 2. The van der Waals surface area contributed by atoms with Crippen LogP contribution in [-0.2, 0) is 4.79 Å². The van der Waals surface area contributed by atoms with Crippen molar-refractivity contribution in [2.45, 2.75) is 32.4 Å². The van der Waals surface area contributed by atoms with Gasteiger partial charge in [-0.25, -0.2) is 9.97 Å². The number of H-pyrrole nitrogens is 1. The molecule has 8 nitrogen and oxygen atoms in total. The van der Waals surface area contributed by atoms with E-state index in [1.165, 1.54) is 0 Å². The predicted molar refractivity (Wildman–Crippen MR) is 115 cm³/mol. The lowest BCUT2D eigenvalue weighted by atomic mass is 10.1. The van der Waals surface area contributed by atoms with Gasteiger partial charge in [-0.15, -0.1) is 0 Å². The minimum Gasteiger partial charge on any atom is -0.364 e. The van der Waals surface area contributed by atoms with Crippen molar-refractivity contribution in [2.75, 3.05) is 25.5 Å². The average molecular weight is 406 g/mol. The van der Waals surface area contributed by atoms with E-state index in [9.17, 15) is 9.59 Å². The number of nitrogens with one attached hydrogen (secondary N) is 2. The van der Waals surface area contributed by atoms with Gasteiger partial charge in [0, 0.05) is 33.3 Å².